The van der Waals surface area contributed by atoms with E-state index in [9.17, 15) is 0 Å². The van der Waals surface area contributed by atoms with Crippen LogP contribution in [0, 0.1) is 5.92 Å². The Bertz CT molecular complexity index is 555. The number of hydrogen-bond donors (Lipinski definition) is 1. The molecule has 0 aliphatic heterocycles. The molecule has 0 bridgehead atoms. The van der Waals surface area contributed by atoms with Gasteiger partial charge in [0.25, 0.3) is 0 Å². The first-order valence-electron chi connectivity index (χ1n) is 7.13. The molecule has 0 amide bonds. The highest BCUT2D eigenvalue weighted by Crippen LogP contribution is 2.22. The summed E-state index contributed by atoms with van der Waals surface area (Å²) < 4.78 is 1.02. The normalized spacial score (nSPS) is 11.1. The molecular formula is C16H22BrN3S. The second-order valence-corrected chi connectivity index (χ2v) is 7.34. The highest BCUT2D eigenvalue weighted by Gasteiger charge is 2.11. The van der Waals surface area contributed by atoms with Crippen LogP contribution in [0.5, 0.6) is 0 Å². The average molecular weight is 368 g/mol. The van der Waals surface area contributed by atoms with Crippen LogP contribution in [0.1, 0.15) is 25.0 Å². The molecular weight excluding hydrogens is 346 g/mol. The third-order valence-electron chi connectivity index (χ3n) is 3.14. The summed E-state index contributed by atoms with van der Waals surface area (Å²) in [5, 5.41) is 7.80. The summed E-state index contributed by atoms with van der Waals surface area (Å²) >= 11 is 5.25. The van der Waals surface area contributed by atoms with Crippen LogP contribution in [0.25, 0.3) is 0 Å². The first-order valence-corrected chi connectivity index (χ1v) is 8.87. The molecule has 114 valence electrons. The predicted molar refractivity (Wildman–Crippen MR) is 94.9 cm³/mol. The van der Waals surface area contributed by atoms with E-state index in [1.54, 1.807) is 11.3 Å². The van der Waals surface area contributed by atoms with Crippen molar-refractivity contribution in [1.82, 2.24) is 10.3 Å². The van der Waals surface area contributed by atoms with Crippen molar-refractivity contribution < 1.29 is 0 Å². The largest absolute Gasteiger partial charge is 0.355 e. The van der Waals surface area contributed by atoms with Crippen molar-refractivity contribution in [2.45, 2.75) is 26.9 Å². The molecule has 0 radical (unpaired) electrons. The second kappa shape index (κ2) is 7.92. The van der Waals surface area contributed by atoms with Gasteiger partial charge in [-0.2, -0.15) is 11.3 Å². The fourth-order valence-corrected chi connectivity index (χ4v) is 3.21. The maximum atomic E-state index is 4.60. The Kier molecular flexibility index (Phi) is 6.21. The van der Waals surface area contributed by atoms with Crippen LogP contribution in [0.4, 0.5) is 5.82 Å². The highest BCUT2D eigenvalue weighted by atomic mass is 79.9. The number of thiophene rings is 1. The maximum Gasteiger partial charge on any atom is 0.133 e. The quantitative estimate of drug-likeness (QED) is 0.790. The van der Waals surface area contributed by atoms with Crippen LogP contribution < -0.4 is 10.2 Å². The van der Waals surface area contributed by atoms with E-state index in [0.717, 1.165) is 29.9 Å². The number of aromatic nitrogens is 1. The molecule has 3 nitrogen and oxygen atoms in total. The number of nitrogens with zero attached hydrogens (tertiary/aromatic N) is 2. The van der Waals surface area contributed by atoms with E-state index in [4.69, 9.17) is 0 Å². The Morgan fingerprint density at radius 1 is 1.43 bits per heavy atom. The van der Waals surface area contributed by atoms with Gasteiger partial charge in [-0.1, -0.05) is 13.8 Å². The summed E-state index contributed by atoms with van der Waals surface area (Å²) in [5.41, 5.74) is 2.55. The molecule has 2 heterocycles. The van der Waals surface area contributed by atoms with Crippen LogP contribution in [0.2, 0.25) is 0 Å². The van der Waals surface area contributed by atoms with Crippen molar-refractivity contribution in [3.05, 3.63) is 44.7 Å². The van der Waals surface area contributed by atoms with Gasteiger partial charge in [0.2, 0.25) is 0 Å². The van der Waals surface area contributed by atoms with E-state index in [-0.39, 0.29) is 0 Å². The van der Waals surface area contributed by atoms with Gasteiger partial charge in [-0.3, -0.25) is 0 Å². The van der Waals surface area contributed by atoms with Crippen molar-refractivity contribution >= 4 is 33.1 Å². The molecule has 0 aliphatic rings. The van der Waals surface area contributed by atoms with Gasteiger partial charge in [0.05, 0.1) is 0 Å². The number of halogens is 1. The minimum absolute atomic E-state index is 0.650. The van der Waals surface area contributed by atoms with E-state index in [2.05, 4.69) is 74.9 Å². The zero-order chi connectivity index (χ0) is 15.2. The Hall–Kier alpha value is -0.910. The number of pyridine rings is 1. The van der Waals surface area contributed by atoms with E-state index in [1.165, 1.54) is 11.1 Å². The molecule has 5 heteroatoms. The van der Waals surface area contributed by atoms with E-state index in [0.29, 0.717) is 5.92 Å². The molecule has 2 aromatic heterocycles. The average Bonchev–Trinajstić information content (AvgIpc) is 2.91. The van der Waals surface area contributed by atoms with Crippen LogP contribution in [-0.4, -0.2) is 18.6 Å². The molecule has 2 rings (SSSR count). The topological polar surface area (TPSA) is 28.2 Å². The van der Waals surface area contributed by atoms with Gasteiger partial charge < -0.3 is 10.2 Å². The van der Waals surface area contributed by atoms with Crippen LogP contribution >= 0.6 is 27.3 Å². The van der Waals surface area contributed by atoms with Crippen LogP contribution in [0.15, 0.2) is 33.6 Å². The van der Waals surface area contributed by atoms with E-state index < -0.39 is 0 Å². The Morgan fingerprint density at radius 2 is 2.24 bits per heavy atom. The molecule has 2 aromatic rings. The third kappa shape index (κ3) is 5.09. The lowest BCUT2D eigenvalue weighted by atomic mass is 10.2. The molecule has 0 fully saturated rings. The minimum atomic E-state index is 0.650. The molecule has 1 N–H and O–H groups in total. The third-order valence-corrected chi connectivity index (χ3v) is 4.30. The molecule has 0 aromatic carbocycles. The number of rotatable bonds is 7. The predicted octanol–water partition coefficient (Wildman–Crippen LogP) is 4.29. The van der Waals surface area contributed by atoms with Crippen molar-refractivity contribution in [3.8, 4) is 0 Å². The van der Waals surface area contributed by atoms with Gasteiger partial charge in [0, 0.05) is 36.4 Å². The van der Waals surface area contributed by atoms with Crippen LogP contribution in [-0.2, 0) is 13.1 Å². The molecule has 21 heavy (non-hydrogen) atoms. The lowest BCUT2D eigenvalue weighted by molar-refractivity contribution is 0.551. The number of nitrogens with one attached hydrogen (secondary N) is 1. The van der Waals surface area contributed by atoms with Gasteiger partial charge in [-0.15, -0.1) is 0 Å². The minimum Gasteiger partial charge on any atom is -0.355 e. The maximum absolute atomic E-state index is 4.60. The first-order chi connectivity index (χ1) is 10.1. The zero-order valence-corrected chi connectivity index (χ0v) is 15.2. The zero-order valence-electron chi connectivity index (χ0n) is 12.8. The molecule has 0 saturated carbocycles. The highest BCUT2D eigenvalue weighted by molar-refractivity contribution is 9.10. The Morgan fingerprint density at radius 3 is 2.90 bits per heavy atom. The summed E-state index contributed by atoms with van der Waals surface area (Å²) in [6.07, 6.45) is 1.87. The first kappa shape index (κ1) is 16.5. The molecule has 0 atom stereocenters. The van der Waals surface area contributed by atoms with Gasteiger partial charge in [-0.05, 0) is 56.8 Å². The van der Waals surface area contributed by atoms with Gasteiger partial charge in [-0.25, -0.2) is 4.98 Å². The van der Waals surface area contributed by atoms with Crippen molar-refractivity contribution in [2.24, 2.45) is 5.92 Å². The van der Waals surface area contributed by atoms with E-state index in [1.807, 2.05) is 6.20 Å². The van der Waals surface area contributed by atoms with Gasteiger partial charge >= 0.3 is 0 Å². The smallest absolute Gasteiger partial charge is 0.133 e. The number of anilines is 1. The summed E-state index contributed by atoms with van der Waals surface area (Å²) in [7, 11) is 2.10. The summed E-state index contributed by atoms with van der Waals surface area (Å²) in [5.74, 6) is 1.69. The number of hydrogen-bond acceptors (Lipinski definition) is 4. The summed E-state index contributed by atoms with van der Waals surface area (Å²) in [6, 6.07) is 4.32. The fourth-order valence-electron chi connectivity index (χ4n) is 2.17. The molecule has 0 spiro atoms. The monoisotopic (exact) mass is 367 g/mol. The summed E-state index contributed by atoms with van der Waals surface area (Å²) in [4.78, 5) is 6.81. The van der Waals surface area contributed by atoms with E-state index >= 15 is 0 Å². The Balaban J connectivity index is 2.09. The summed E-state index contributed by atoms with van der Waals surface area (Å²) in [6.45, 7) is 7.18. The van der Waals surface area contributed by atoms with Crippen molar-refractivity contribution in [2.75, 3.05) is 18.5 Å². The molecule has 0 unspecified atom stereocenters. The van der Waals surface area contributed by atoms with Crippen LogP contribution in [0.3, 0.4) is 0 Å². The molecule has 0 saturated heterocycles. The van der Waals surface area contributed by atoms with Gasteiger partial charge in [0.1, 0.15) is 5.82 Å². The SMILES string of the molecule is CC(C)CNCc1cc(Br)cnc1N(C)Cc1ccsc1. The lowest BCUT2D eigenvalue weighted by Crippen LogP contribution is -2.23. The van der Waals surface area contributed by atoms with Crippen molar-refractivity contribution in [1.29, 1.82) is 0 Å². The standard InChI is InChI=1S/C16H22BrN3S/c1-12(2)7-18-8-14-6-15(17)9-19-16(14)20(3)10-13-4-5-21-11-13/h4-6,9,11-12,18H,7-8,10H2,1-3H3. The Labute approximate surface area is 139 Å². The fraction of sp³-hybridized carbons (Fsp3) is 0.438. The molecule has 0 aliphatic carbocycles. The van der Waals surface area contributed by atoms with Gasteiger partial charge in [0.15, 0.2) is 0 Å². The second-order valence-electron chi connectivity index (χ2n) is 5.65. The van der Waals surface area contributed by atoms with Crippen molar-refractivity contribution in [3.63, 3.8) is 0 Å². The lowest BCUT2D eigenvalue weighted by Gasteiger charge is -2.21.